The summed E-state index contributed by atoms with van der Waals surface area (Å²) in [6, 6.07) is 7.38. The molecular formula is C19H11F6NOS2. The van der Waals surface area contributed by atoms with Crippen LogP contribution in [-0.2, 0) is 17.1 Å². The summed E-state index contributed by atoms with van der Waals surface area (Å²) in [6.07, 6.45) is -9.86. The molecule has 1 N–H and O–H groups in total. The molecule has 0 unspecified atom stereocenters. The Bertz CT molecular complexity index is 1010. The minimum absolute atomic E-state index is 0.0844. The Morgan fingerprint density at radius 2 is 1.52 bits per heavy atom. The van der Waals surface area contributed by atoms with E-state index in [9.17, 15) is 31.1 Å². The van der Waals surface area contributed by atoms with Gasteiger partial charge in [-0.25, -0.2) is 0 Å². The number of rotatable bonds is 2. The maximum Gasteiger partial charge on any atom is 0.416 e. The van der Waals surface area contributed by atoms with Crippen molar-refractivity contribution in [3.8, 4) is 11.1 Å². The van der Waals surface area contributed by atoms with E-state index in [4.69, 9.17) is 12.2 Å². The first-order valence-electron chi connectivity index (χ1n) is 8.00. The third-order valence-corrected chi connectivity index (χ3v) is 5.51. The number of hydrogen-bond donors (Lipinski definition) is 1. The lowest BCUT2D eigenvalue weighted by Crippen LogP contribution is -2.18. The van der Waals surface area contributed by atoms with Gasteiger partial charge < -0.3 is 5.32 Å². The number of carbonyl (C=O) groups is 1. The first-order chi connectivity index (χ1) is 13.4. The molecule has 2 aromatic carbocycles. The molecule has 0 radical (unpaired) electrons. The van der Waals surface area contributed by atoms with Crippen molar-refractivity contribution in [2.75, 3.05) is 0 Å². The van der Waals surface area contributed by atoms with Crippen molar-refractivity contribution < 1.29 is 31.1 Å². The zero-order valence-electron chi connectivity index (χ0n) is 14.5. The highest BCUT2D eigenvalue weighted by atomic mass is 32.2. The molecule has 2 aromatic rings. The average molecular weight is 447 g/mol. The number of alkyl halides is 6. The van der Waals surface area contributed by atoms with Crippen LogP contribution in [0.3, 0.4) is 0 Å². The first-order valence-corrected chi connectivity index (χ1v) is 9.23. The normalized spacial score (nSPS) is 16.8. The first kappa shape index (κ1) is 21.4. The molecule has 0 aromatic heterocycles. The lowest BCUT2D eigenvalue weighted by atomic mass is 9.96. The largest absolute Gasteiger partial charge is 0.416 e. The standard InChI is InChI=1S/C19H11F6NOS2/c1-9(15-16(27)26-17(28)29-15)10-3-2-4-11(5-10)12-6-13(18(20,21)22)8-14(7-12)19(23,24)25/h2-8H,1H3,(H,26,27,28)/b15-9-. The fraction of sp³-hybridized carbons (Fsp3) is 0.158. The summed E-state index contributed by atoms with van der Waals surface area (Å²) < 4.78 is 78.9. The third-order valence-electron chi connectivity index (χ3n) is 4.17. The van der Waals surface area contributed by atoms with E-state index in [1.807, 2.05) is 0 Å². The molecule has 152 valence electrons. The van der Waals surface area contributed by atoms with Crippen molar-refractivity contribution >= 4 is 39.8 Å². The van der Waals surface area contributed by atoms with E-state index in [0.29, 0.717) is 28.2 Å². The molecule has 0 atom stereocenters. The van der Waals surface area contributed by atoms with Crippen LogP contribution in [0.15, 0.2) is 47.4 Å². The fourth-order valence-electron chi connectivity index (χ4n) is 2.75. The second-order valence-corrected chi connectivity index (χ2v) is 7.86. The van der Waals surface area contributed by atoms with E-state index >= 15 is 0 Å². The van der Waals surface area contributed by atoms with Gasteiger partial charge in [0.2, 0.25) is 0 Å². The number of allylic oxidation sites excluding steroid dienone is 1. The average Bonchev–Trinajstić information content (AvgIpc) is 2.97. The van der Waals surface area contributed by atoms with Crippen LogP contribution in [0.5, 0.6) is 0 Å². The van der Waals surface area contributed by atoms with E-state index in [1.54, 1.807) is 13.0 Å². The molecule has 0 aliphatic carbocycles. The fourth-order valence-corrected chi connectivity index (χ4v) is 3.83. The smallest absolute Gasteiger partial charge is 0.307 e. The maximum absolute atomic E-state index is 13.1. The summed E-state index contributed by atoms with van der Waals surface area (Å²) in [5.41, 5.74) is -1.86. The van der Waals surface area contributed by atoms with Crippen molar-refractivity contribution in [2.45, 2.75) is 19.3 Å². The number of hydrogen-bond acceptors (Lipinski definition) is 3. The van der Waals surface area contributed by atoms with Gasteiger partial charge in [0.1, 0.15) is 4.32 Å². The van der Waals surface area contributed by atoms with Crippen molar-refractivity contribution in [3.63, 3.8) is 0 Å². The minimum Gasteiger partial charge on any atom is -0.307 e. The monoisotopic (exact) mass is 447 g/mol. The van der Waals surface area contributed by atoms with E-state index < -0.39 is 29.4 Å². The molecule has 0 bridgehead atoms. The van der Waals surface area contributed by atoms with Crippen LogP contribution >= 0.6 is 24.0 Å². The summed E-state index contributed by atoms with van der Waals surface area (Å²) in [5, 5.41) is 2.46. The molecule has 3 rings (SSSR count). The second kappa shape index (κ2) is 7.49. The van der Waals surface area contributed by atoms with Crippen LogP contribution in [0.4, 0.5) is 26.3 Å². The number of halogens is 6. The second-order valence-electron chi connectivity index (χ2n) is 6.17. The highest BCUT2D eigenvalue weighted by Gasteiger charge is 2.37. The van der Waals surface area contributed by atoms with Crippen LogP contribution < -0.4 is 5.32 Å². The minimum atomic E-state index is -4.93. The Labute approximate surface area is 171 Å². The topological polar surface area (TPSA) is 29.1 Å². The van der Waals surface area contributed by atoms with Gasteiger partial charge in [0.15, 0.2) is 0 Å². The van der Waals surface area contributed by atoms with Crippen LogP contribution in [-0.4, -0.2) is 10.2 Å². The predicted octanol–water partition coefficient (Wildman–Crippen LogP) is 6.27. The van der Waals surface area contributed by atoms with Crippen LogP contribution in [0, 0.1) is 0 Å². The molecule has 0 spiro atoms. The quantitative estimate of drug-likeness (QED) is 0.334. The summed E-state index contributed by atoms with van der Waals surface area (Å²) in [7, 11) is 0. The zero-order chi connectivity index (χ0) is 21.6. The van der Waals surface area contributed by atoms with Crippen molar-refractivity contribution in [3.05, 3.63) is 64.1 Å². The Hall–Kier alpha value is -2.33. The van der Waals surface area contributed by atoms with Gasteiger partial charge in [-0.05, 0) is 53.5 Å². The summed E-state index contributed by atoms with van der Waals surface area (Å²) >= 11 is 5.97. The van der Waals surface area contributed by atoms with E-state index in [0.717, 1.165) is 11.8 Å². The van der Waals surface area contributed by atoms with Crippen molar-refractivity contribution in [1.82, 2.24) is 5.32 Å². The lowest BCUT2D eigenvalue weighted by molar-refractivity contribution is -0.143. The Morgan fingerprint density at radius 3 is 2.00 bits per heavy atom. The van der Waals surface area contributed by atoms with E-state index in [-0.39, 0.29) is 21.5 Å². The Morgan fingerprint density at radius 1 is 0.931 bits per heavy atom. The van der Waals surface area contributed by atoms with Gasteiger partial charge in [-0.15, -0.1) is 0 Å². The Kier molecular flexibility index (Phi) is 5.52. The van der Waals surface area contributed by atoms with Gasteiger partial charge in [-0.2, -0.15) is 26.3 Å². The van der Waals surface area contributed by atoms with Gasteiger partial charge in [0.25, 0.3) is 5.91 Å². The number of thiocarbonyl (C=S) groups is 1. The molecule has 1 saturated heterocycles. The summed E-state index contributed by atoms with van der Waals surface area (Å²) in [6.45, 7) is 1.63. The van der Waals surface area contributed by atoms with Crippen LogP contribution in [0.25, 0.3) is 16.7 Å². The number of benzene rings is 2. The highest BCUT2D eigenvalue weighted by molar-refractivity contribution is 8.26. The molecular weight excluding hydrogens is 436 g/mol. The van der Waals surface area contributed by atoms with E-state index in [2.05, 4.69) is 5.32 Å². The van der Waals surface area contributed by atoms with Crippen LogP contribution in [0.1, 0.15) is 23.6 Å². The highest BCUT2D eigenvalue weighted by Crippen LogP contribution is 2.39. The zero-order valence-corrected chi connectivity index (χ0v) is 16.2. The summed E-state index contributed by atoms with van der Waals surface area (Å²) in [4.78, 5) is 12.3. The molecule has 2 nitrogen and oxygen atoms in total. The molecule has 1 fully saturated rings. The number of amides is 1. The SMILES string of the molecule is C/C(=C1/SC(=S)NC1=O)c1cccc(-c2cc(C(F)(F)F)cc(C(F)(F)F)c2)c1. The van der Waals surface area contributed by atoms with Crippen molar-refractivity contribution in [2.24, 2.45) is 0 Å². The number of nitrogens with one attached hydrogen (secondary N) is 1. The number of carbonyl (C=O) groups excluding carboxylic acids is 1. The maximum atomic E-state index is 13.1. The molecule has 0 saturated carbocycles. The van der Waals surface area contributed by atoms with Crippen LogP contribution in [0.2, 0.25) is 0 Å². The molecule has 1 aliphatic rings. The third kappa shape index (κ3) is 4.64. The van der Waals surface area contributed by atoms with Gasteiger partial charge in [-0.3, -0.25) is 4.79 Å². The predicted molar refractivity (Wildman–Crippen MR) is 103 cm³/mol. The molecule has 1 amide bonds. The lowest BCUT2D eigenvalue weighted by Gasteiger charge is -2.15. The molecule has 1 heterocycles. The summed E-state index contributed by atoms with van der Waals surface area (Å²) in [5.74, 6) is -0.402. The van der Waals surface area contributed by atoms with E-state index in [1.165, 1.54) is 18.2 Å². The van der Waals surface area contributed by atoms with Gasteiger partial charge in [0.05, 0.1) is 16.0 Å². The van der Waals surface area contributed by atoms with Gasteiger partial charge in [0, 0.05) is 0 Å². The number of thioether (sulfide) groups is 1. The van der Waals surface area contributed by atoms with Crippen molar-refractivity contribution in [1.29, 1.82) is 0 Å². The molecule has 10 heteroatoms. The van der Waals surface area contributed by atoms with Gasteiger partial charge in [-0.1, -0.05) is 42.2 Å². The molecule has 1 aliphatic heterocycles. The van der Waals surface area contributed by atoms with Gasteiger partial charge >= 0.3 is 12.4 Å². The molecule has 29 heavy (non-hydrogen) atoms. The Balaban J connectivity index is 2.13.